The van der Waals surface area contributed by atoms with Gasteiger partial charge in [-0.1, -0.05) is 12.1 Å². The lowest BCUT2D eigenvalue weighted by Gasteiger charge is -2.26. The third-order valence-electron chi connectivity index (χ3n) is 3.80. The van der Waals surface area contributed by atoms with Gasteiger partial charge in [-0.2, -0.15) is 0 Å². The first-order valence-electron chi connectivity index (χ1n) is 8.67. The molecule has 1 aliphatic heterocycles. The van der Waals surface area contributed by atoms with E-state index in [1.54, 1.807) is 7.05 Å². The maximum absolute atomic E-state index is 5.66. The van der Waals surface area contributed by atoms with Gasteiger partial charge in [-0.25, -0.2) is 0 Å². The van der Waals surface area contributed by atoms with E-state index in [1.165, 1.54) is 5.56 Å². The first-order chi connectivity index (χ1) is 11.7. The first-order valence-corrected chi connectivity index (χ1v) is 8.67. The SMILES string of the molecule is CN=C(NCCN1CCOCC1)NCc1ccc(OC(C)C)cc1.I. The minimum absolute atomic E-state index is 0. The maximum atomic E-state index is 5.66. The molecule has 6 nitrogen and oxygen atoms in total. The van der Waals surface area contributed by atoms with E-state index >= 15 is 0 Å². The van der Waals surface area contributed by atoms with Gasteiger partial charge in [0.05, 0.1) is 19.3 Å². The summed E-state index contributed by atoms with van der Waals surface area (Å²) in [4.78, 5) is 6.67. The van der Waals surface area contributed by atoms with Crippen LogP contribution in [0.4, 0.5) is 0 Å². The molecule has 0 atom stereocenters. The van der Waals surface area contributed by atoms with Crippen molar-refractivity contribution in [2.24, 2.45) is 4.99 Å². The van der Waals surface area contributed by atoms with Gasteiger partial charge >= 0.3 is 0 Å². The summed E-state index contributed by atoms with van der Waals surface area (Å²) in [6.45, 7) is 10.4. The van der Waals surface area contributed by atoms with Crippen molar-refractivity contribution in [3.05, 3.63) is 29.8 Å². The fourth-order valence-electron chi connectivity index (χ4n) is 2.52. The predicted molar refractivity (Wildman–Crippen MR) is 113 cm³/mol. The molecule has 1 heterocycles. The minimum atomic E-state index is 0. The summed E-state index contributed by atoms with van der Waals surface area (Å²) in [6, 6.07) is 8.16. The molecule has 2 N–H and O–H groups in total. The predicted octanol–water partition coefficient (Wildman–Crippen LogP) is 2.09. The second kappa shape index (κ2) is 12.3. The second-order valence-electron chi connectivity index (χ2n) is 6.12. The average Bonchev–Trinajstić information content (AvgIpc) is 2.59. The molecule has 0 aliphatic carbocycles. The van der Waals surface area contributed by atoms with Crippen LogP contribution in [-0.4, -0.2) is 63.4 Å². The number of nitrogens with zero attached hydrogens (tertiary/aromatic N) is 2. The van der Waals surface area contributed by atoms with Crippen molar-refractivity contribution >= 4 is 29.9 Å². The molecule has 0 unspecified atom stereocenters. The van der Waals surface area contributed by atoms with Gasteiger partial charge in [0.25, 0.3) is 0 Å². The molecule has 1 saturated heterocycles. The molecule has 25 heavy (non-hydrogen) atoms. The minimum Gasteiger partial charge on any atom is -0.491 e. The molecule has 2 rings (SSSR count). The number of morpholine rings is 1. The van der Waals surface area contributed by atoms with Gasteiger partial charge in [-0.05, 0) is 31.5 Å². The van der Waals surface area contributed by atoms with Gasteiger partial charge in [0.1, 0.15) is 5.75 Å². The third-order valence-corrected chi connectivity index (χ3v) is 3.80. The second-order valence-corrected chi connectivity index (χ2v) is 6.12. The molecule has 0 bridgehead atoms. The average molecular weight is 462 g/mol. The molecule has 0 radical (unpaired) electrons. The van der Waals surface area contributed by atoms with Crippen LogP contribution in [0.3, 0.4) is 0 Å². The molecule has 0 saturated carbocycles. The summed E-state index contributed by atoms with van der Waals surface area (Å²) in [6.07, 6.45) is 0.198. The molecule has 1 aliphatic rings. The number of nitrogens with one attached hydrogen (secondary N) is 2. The molecule has 1 aromatic rings. The first kappa shape index (κ1) is 22.0. The highest BCUT2D eigenvalue weighted by Gasteiger charge is 2.09. The summed E-state index contributed by atoms with van der Waals surface area (Å²) >= 11 is 0. The fraction of sp³-hybridized carbons (Fsp3) is 0.611. The van der Waals surface area contributed by atoms with Crippen LogP contribution >= 0.6 is 24.0 Å². The van der Waals surface area contributed by atoms with Crippen molar-refractivity contribution in [2.75, 3.05) is 46.4 Å². The summed E-state index contributed by atoms with van der Waals surface area (Å²) in [7, 11) is 1.80. The topological polar surface area (TPSA) is 58.1 Å². The molecule has 0 amide bonds. The standard InChI is InChI=1S/C18H30N4O2.HI/c1-15(2)24-17-6-4-16(5-7-17)14-21-18(19-3)20-8-9-22-10-12-23-13-11-22;/h4-7,15H,8-14H2,1-3H3,(H2,19,20,21);1H. The number of guanidine groups is 1. The van der Waals surface area contributed by atoms with Crippen molar-refractivity contribution in [2.45, 2.75) is 26.5 Å². The Kier molecular flexibility index (Phi) is 10.8. The van der Waals surface area contributed by atoms with Crippen molar-refractivity contribution in [3.8, 4) is 5.75 Å². The van der Waals surface area contributed by atoms with Crippen molar-refractivity contribution in [3.63, 3.8) is 0 Å². The van der Waals surface area contributed by atoms with Crippen molar-refractivity contribution in [1.82, 2.24) is 15.5 Å². The molecule has 1 aromatic carbocycles. The Morgan fingerprint density at radius 3 is 2.48 bits per heavy atom. The summed E-state index contributed by atoms with van der Waals surface area (Å²) in [5, 5.41) is 6.69. The number of benzene rings is 1. The summed E-state index contributed by atoms with van der Waals surface area (Å²) in [5.41, 5.74) is 1.20. The zero-order valence-corrected chi connectivity index (χ0v) is 17.8. The van der Waals surface area contributed by atoms with E-state index < -0.39 is 0 Å². The van der Waals surface area contributed by atoms with Gasteiger partial charge in [0.2, 0.25) is 0 Å². The van der Waals surface area contributed by atoms with Gasteiger partial charge in [-0.15, -0.1) is 24.0 Å². The Morgan fingerprint density at radius 1 is 1.20 bits per heavy atom. The zero-order valence-electron chi connectivity index (χ0n) is 15.5. The van der Waals surface area contributed by atoms with E-state index in [0.717, 1.165) is 57.6 Å². The lowest BCUT2D eigenvalue weighted by atomic mass is 10.2. The van der Waals surface area contributed by atoms with Crippen molar-refractivity contribution in [1.29, 1.82) is 0 Å². The highest BCUT2D eigenvalue weighted by Crippen LogP contribution is 2.13. The van der Waals surface area contributed by atoms with Crippen LogP contribution in [0.2, 0.25) is 0 Å². The van der Waals surface area contributed by atoms with Gasteiger partial charge in [0.15, 0.2) is 5.96 Å². The lowest BCUT2D eigenvalue weighted by molar-refractivity contribution is 0.0389. The maximum Gasteiger partial charge on any atom is 0.191 e. The lowest BCUT2D eigenvalue weighted by Crippen LogP contribution is -2.44. The van der Waals surface area contributed by atoms with E-state index in [-0.39, 0.29) is 30.1 Å². The molecule has 0 aromatic heterocycles. The van der Waals surface area contributed by atoms with Gasteiger partial charge < -0.3 is 20.1 Å². The quantitative estimate of drug-likeness (QED) is 0.369. The van der Waals surface area contributed by atoms with E-state index in [9.17, 15) is 0 Å². The molecule has 142 valence electrons. The molecule has 1 fully saturated rings. The van der Waals surface area contributed by atoms with Crippen LogP contribution < -0.4 is 15.4 Å². The van der Waals surface area contributed by atoms with Gasteiger partial charge in [-0.3, -0.25) is 9.89 Å². The Labute approximate surface area is 168 Å². The largest absolute Gasteiger partial charge is 0.491 e. The molecular weight excluding hydrogens is 431 g/mol. The monoisotopic (exact) mass is 462 g/mol. The molecule has 0 spiro atoms. The third kappa shape index (κ3) is 8.73. The normalized spacial score (nSPS) is 15.6. The highest BCUT2D eigenvalue weighted by atomic mass is 127. The van der Waals surface area contributed by atoms with Crippen LogP contribution in [0.1, 0.15) is 19.4 Å². The number of hydrogen-bond donors (Lipinski definition) is 2. The van der Waals surface area contributed by atoms with E-state index in [0.29, 0.717) is 0 Å². The zero-order chi connectivity index (χ0) is 17.2. The van der Waals surface area contributed by atoms with Crippen LogP contribution in [0.15, 0.2) is 29.3 Å². The fourth-order valence-corrected chi connectivity index (χ4v) is 2.52. The Hall–Kier alpha value is -1.06. The Morgan fingerprint density at radius 2 is 1.88 bits per heavy atom. The van der Waals surface area contributed by atoms with E-state index in [4.69, 9.17) is 9.47 Å². The van der Waals surface area contributed by atoms with Crippen LogP contribution in [0, 0.1) is 0 Å². The van der Waals surface area contributed by atoms with E-state index in [2.05, 4.69) is 32.7 Å². The molecular formula is C18H31IN4O2. The number of ether oxygens (including phenoxy) is 2. The smallest absolute Gasteiger partial charge is 0.191 e. The van der Waals surface area contributed by atoms with Crippen molar-refractivity contribution < 1.29 is 9.47 Å². The van der Waals surface area contributed by atoms with Crippen LogP contribution in [0.5, 0.6) is 5.75 Å². The van der Waals surface area contributed by atoms with Crippen LogP contribution in [-0.2, 0) is 11.3 Å². The van der Waals surface area contributed by atoms with Crippen LogP contribution in [0.25, 0.3) is 0 Å². The number of rotatable bonds is 7. The summed E-state index contributed by atoms with van der Waals surface area (Å²) < 4.78 is 11.0. The number of halogens is 1. The Bertz CT molecular complexity index is 502. The van der Waals surface area contributed by atoms with E-state index in [1.807, 2.05) is 26.0 Å². The Balaban J connectivity index is 0.00000312. The summed E-state index contributed by atoms with van der Waals surface area (Å²) in [5.74, 6) is 1.73. The number of hydrogen-bond acceptors (Lipinski definition) is 4. The molecule has 7 heteroatoms. The van der Waals surface area contributed by atoms with Gasteiger partial charge in [0, 0.05) is 39.8 Å². The number of aliphatic imine (C=N–C) groups is 1. The highest BCUT2D eigenvalue weighted by molar-refractivity contribution is 14.0.